The Balaban J connectivity index is 1.89. The first-order valence-electron chi connectivity index (χ1n) is 7.14. The monoisotopic (exact) mass is 372 g/mol. The second-order valence-corrected chi connectivity index (χ2v) is 7.54. The first-order chi connectivity index (χ1) is 8.75. The fourth-order valence-corrected chi connectivity index (χ4v) is 4.03. The van der Waals surface area contributed by atoms with Gasteiger partial charge >= 0.3 is 0 Å². The molecule has 1 atom stereocenters. The molecule has 1 aliphatic rings. The summed E-state index contributed by atoms with van der Waals surface area (Å²) in [6, 6.07) is 8.77. The predicted octanol–water partition coefficient (Wildman–Crippen LogP) is 6.12. The zero-order chi connectivity index (χ0) is 12.8. The minimum absolute atomic E-state index is 0.650. The Kier molecular flexibility index (Phi) is 6.23. The van der Waals surface area contributed by atoms with E-state index in [9.17, 15) is 0 Å². The van der Waals surface area contributed by atoms with E-state index in [2.05, 4.69) is 56.1 Å². The molecule has 2 heteroatoms. The van der Waals surface area contributed by atoms with E-state index in [1.807, 2.05) is 0 Å². The number of benzene rings is 1. The van der Waals surface area contributed by atoms with Crippen molar-refractivity contribution in [1.29, 1.82) is 0 Å². The van der Waals surface area contributed by atoms with Crippen molar-refractivity contribution < 1.29 is 0 Å². The molecule has 2 rings (SSSR count). The van der Waals surface area contributed by atoms with E-state index in [-0.39, 0.29) is 0 Å². The van der Waals surface area contributed by atoms with Gasteiger partial charge in [0.1, 0.15) is 0 Å². The Morgan fingerprint density at radius 2 is 1.50 bits per heavy atom. The molecule has 1 aliphatic carbocycles. The second-order valence-electron chi connectivity index (χ2n) is 5.45. The molecule has 0 nitrogen and oxygen atoms in total. The van der Waals surface area contributed by atoms with Gasteiger partial charge in [-0.2, -0.15) is 0 Å². The van der Waals surface area contributed by atoms with Crippen molar-refractivity contribution in [3.05, 3.63) is 34.3 Å². The molecule has 0 saturated heterocycles. The summed E-state index contributed by atoms with van der Waals surface area (Å²) in [6.45, 7) is 0. The SMILES string of the molecule is Brc1ccc(CC(Br)C2CCCCCCC2)cc1. The molecule has 0 amide bonds. The molecule has 1 fully saturated rings. The van der Waals surface area contributed by atoms with Crippen molar-refractivity contribution in [3.63, 3.8) is 0 Å². The Labute approximate surface area is 128 Å². The summed E-state index contributed by atoms with van der Waals surface area (Å²) in [5.41, 5.74) is 1.45. The van der Waals surface area contributed by atoms with Crippen LogP contribution >= 0.6 is 31.9 Å². The fraction of sp³-hybridized carbons (Fsp3) is 0.625. The Morgan fingerprint density at radius 3 is 2.11 bits per heavy atom. The van der Waals surface area contributed by atoms with E-state index >= 15 is 0 Å². The Hall–Kier alpha value is 0.180. The van der Waals surface area contributed by atoms with Gasteiger partial charge in [-0.3, -0.25) is 0 Å². The highest BCUT2D eigenvalue weighted by atomic mass is 79.9. The number of halogens is 2. The van der Waals surface area contributed by atoms with Gasteiger partial charge in [-0.25, -0.2) is 0 Å². The molecule has 0 spiro atoms. The molecular formula is C16H22Br2. The van der Waals surface area contributed by atoms with Crippen molar-refractivity contribution in [2.24, 2.45) is 5.92 Å². The summed E-state index contributed by atoms with van der Waals surface area (Å²) in [5.74, 6) is 0.869. The van der Waals surface area contributed by atoms with E-state index in [0.717, 1.165) is 12.3 Å². The van der Waals surface area contributed by atoms with Gasteiger partial charge in [-0.1, -0.05) is 76.1 Å². The lowest BCUT2D eigenvalue weighted by molar-refractivity contribution is 0.370. The van der Waals surface area contributed by atoms with E-state index in [0.29, 0.717) is 4.83 Å². The van der Waals surface area contributed by atoms with Gasteiger partial charge in [0.25, 0.3) is 0 Å². The highest BCUT2D eigenvalue weighted by Gasteiger charge is 2.19. The van der Waals surface area contributed by atoms with Crippen LogP contribution in [0.25, 0.3) is 0 Å². The van der Waals surface area contributed by atoms with E-state index in [4.69, 9.17) is 0 Å². The quantitative estimate of drug-likeness (QED) is 0.560. The maximum absolute atomic E-state index is 3.94. The summed E-state index contributed by atoms with van der Waals surface area (Å²) >= 11 is 7.44. The topological polar surface area (TPSA) is 0 Å². The molecule has 1 aromatic carbocycles. The third-order valence-electron chi connectivity index (χ3n) is 4.01. The molecule has 100 valence electrons. The smallest absolute Gasteiger partial charge is 0.0214 e. The van der Waals surface area contributed by atoms with Gasteiger partial charge < -0.3 is 0 Å². The average molecular weight is 374 g/mol. The Morgan fingerprint density at radius 1 is 0.944 bits per heavy atom. The van der Waals surface area contributed by atoms with Gasteiger partial charge in [0.05, 0.1) is 0 Å². The highest BCUT2D eigenvalue weighted by molar-refractivity contribution is 9.10. The van der Waals surface area contributed by atoms with Gasteiger partial charge in [0.15, 0.2) is 0 Å². The summed E-state index contributed by atoms with van der Waals surface area (Å²) in [4.78, 5) is 0.650. The standard InChI is InChI=1S/C16H22Br2/c17-15-10-8-13(9-11-15)12-16(18)14-6-4-2-1-3-5-7-14/h8-11,14,16H,1-7,12H2. The van der Waals surface area contributed by atoms with Gasteiger partial charge in [-0.05, 0) is 42.9 Å². The second kappa shape index (κ2) is 7.69. The summed E-state index contributed by atoms with van der Waals surface area (Å²) < 4.78 is 1.17. The van der Waals surface area contributed by atoms with Gasteiger partial charge in [-0.15, -0.1) is 0 Å². The van der Waals surface area contributed by atoms with Gasteiger partial charge in [0, 0.05) is 9.30 Å². The molecule has 0 heterocycles. The van der Waals surface area contributed by atoms with Crippen LogP contribution in [0, 0.1) is 5.92 Å². The zero-order valence-electron chi connectivity index (χ0n) is 10.9. The lowest BCUT2D eigenvalue weighted by atomic mass is 9.87. The van der Waals surface area contributed by atoms with E-state index in [1.54, 1.807) is 0 Å². The predicted molar refractivity (Wildman–Crippen MR) is 86.4 cm³/mol. The van der Waals surface area contributed by atoms with Crippen LogP contribution < -0.4 is 0 Å². The van der Waals surface area contributed by atoms with E-state index in [1.165, 1.54) is 55.0 Å². The van der Waals surface area contributed by atoms with Crippen LogP contribution in [0.3, 0.4) is 0 Å². The van der Waals surface area contributed by atoms with Crippen molar-refractivity contribution in [2.75, 3.05) is 0 Å². The molecule has 0 aromatic heterocycles. The molecule has 18 heavy (non-hydrogen) atoms. The van der Waals surface area contributed by atoms with E-state index < -0.39 is 0 Å². The van der Waals surface area contributed by atoms with Crippen LogP contribution in [0.4, 0.5) is 0 Å². The number of hydrogen-bond acceptors (Lipinski definition) is 0. The molecular weight excluding hydrogens is 352 g/mol. The third kappa shape index (κ3) is 4.70. The molecule has 1 aromatic rings. The maximum Gasteiger partial charge on any atom is 0.0214 e. The van der Waals surface area contributed by atoms with Crippen molar-refractivity contribution >= 4 is 31.9 Å². The van der Waals surface area contributed by atoms with Crippen LogP contribution in [0.1, 0.15) is 50.5 Å². The van der Waals surface area contributed by atoms with Crippen LogP contribution in [0.15, 0.2) is 28.7 Å². The largest absolute Gasteiger partial charge is 0.0884 e. The molecule has 0 radical (unpaired) electrons. The minimum Gasteiger partial charge on any atom is -0.0884 e. The number of hydrogen-bond donors (Lipinski definition) is 0. The first kappa shape index (κ1) is 14.6. The lowest BCUT2D eigenvalue weighted by Crippen LogP contribution is -2.18. The van der Waals surface area contributed by atoms with Crippen LogP contribution in [0.5, 0.6) is 0 Å². The van der Waals surface area contributed by atoms with Crippen LogP contribution in [0.2, 0.25) is 0 Å². The number of alkyl halides is 1. The van der Waals surface area contributed by atoms with Crippen molar-refractivity contribution in [2.45, 2.75) is 56.2 Å². The molecule has 0 aliphatic heterocycles. The summed E-state index contributed by atoms with van der Waals surface area (Å²) in [6.07, 6.45) is 11.2. The highest BCUT2D eigenvalue weighted by Crippen LogP contribution is 2.30. The molecule has 0 N–H and O–H groups in total. The average Bonchev–Trinajstić information content (AvgIpc) is 2.31. The zero-order valence-corrected chi connectivity index (χ0v) is 14.0. The minimum atomic E-state index is 0.650. The molecule has 0 bridgehead atoms. The fourth-order valence-electron chi connectivity index (χ4n) is 2.86. The van der Waals surface area contributed by atoms with Crippen LogP contribution in [-0.4, -0.2) is 4.83 Å². The maximum atomic E-state index is 3.94. The van der Waals surface area contributed by atoms with Crippen molar-refractivity contribution in [3.8, 4) is 0 Å². The van der Waals surface area contributed by atoms with Crippen molar-refractivity contribution in [1.82, 2.24) is 0 Å². The normalized spacial score (nSPS) is 20.1. The molecule has 1 saturated carbocycles. The van der Waals surface area contributed by atoms with Gasteiger partial charge in [0.2, 0.25) is 0 Å². The molecule has 1 unspecified atom stereocenters. The Bertz CT molecular complexity index is 337. The number of rotatable bonds is 3. The third-order valence-corrected chi connectivity index (χ3v) is 5.61. The lowest BCUT2D eigenvalue weighted by Gasteiger charge is -2.24. The summed E-state index contributed by atoms with van der Waals surface area (Å²) in [7, 11) is 0. The first-order valence-corrected chi connectivity index (χ1v) is 8.85. The van der Waals surface area contributed by atoms with Crippen LogP contribution in [-0.2, 0) is 6.42 Å². The summed E-state index contributed by atoms with van der Waals surface area (Å²) in [5, 5.41) is 0.